The van der Waals surface area contributed by atoms with Crippen LogP contribution in [-0.4, -0.2) is 44.2 Å². The average Bonchev–Trinajstić information content (AvgIpc) is 2.81. The van der Waals surface area contributed by atoms with E-state index in [-0.39, 0.29) is 23.5 Å². The molecular weight excluding hydrogens is 238 g/mol. The summed E-state index contributed by atoms with van der Waals surface area (Å²) < 4.78 is 0. The van der Waals surface area contributed by atoms with E-state index in [1.54, 1.807) is 0 Å². The number of carboxylic acids is 1. The Morgan fingerprint density at radius 3 is 2.61 bits per heavy atom. The van der Waals surface area contributed by atoms with E-state index in [2.05, 4.69) is 15.3 Å². The number of rotatable bonds is 3. The highest BCUT2D eigenvalue weighted by Gasteiger charge is 2.24. The smallest absolute Gasteiger partial charge is 0.354 e. The summed E-state index contributed by atoms with van der Waals surface area (Å²) in [5.74, 6) is -1.70. The highest BCUT2D eigenvalue weighted by Crippen LogP contribution is 2.18. The van der Waals surface area contributed by atoms with Crippen LogP contribution in [0.15, 0.2) is 6.33 Å². The Kier molecular flexibility index (Phi) is 3.61. The van der Waals surface area contributed by atoms with E-state index in [9.17, 15) is 14.7 Å². The van der Waals surface area contributed by atoms with Crippen molar-refractivity contribution in [3.63, 3.8) is 0 Å². The van der Waals surface area contributed by atoms with Crippen molar-refractivity contribution >= 4 is 11.9 Å². The molecule has 0 aromatic carbocycles. The minimum atomic E-state index is -1.21. The van der Waals surface area contributed by atoms with Gasteiger partial charge in [-0.2, -0.15) is 0 Å². The first kappa shape index (κ1) is 12.6. The topological polar surface area (TPSA) is 115 Å². The van der Waals surface area contributed by atoms with Gasteiger partial charge in [0, 0.05) is 6.04 Å². The SMILES string of the molecule is O=C(NC1CCC(O)CC1)c1nc[nH]c1C(=O)O. The van der Waals surface area contributed by atoms with Crippen molar-refractivity contribution in [3.8, 4) is 0 Å². The van der Waals surface area contributed by atoms with Gasteiger partial charge in [-0.3, -0.25) is 4.79 Å². The lowest BCUT2D eigenvalue weighted by Gasteiger charge is -2.25. The third kappa shape index (κ3) is 2.67. The van der Waals surface area contributed by atoms with Gasteiger partial charge in [0.15, 0.2) is 11.4 Å². The van der Waals surface area contributed by atoms with Gasteiger partial charge in [-0.1, -0.05) is 0 Å². The Morgan fingerprint density at radius 1 is 1.33 bits per heavy atom. The average molecular weight is 253 g/mol. The summed E-state index contributed by atoms with van der Waals surface area (Å²) in [6.45, 7) is 0. The zero-order valence-electron chi connectivity index (χ0n) is 9.72. The molecule has 0 saturated heterocycles. The van der Waals surface area contributed by atoms with Crippen molar-refractivity contribution in [3.05, 3.63) is 17.7 Å². The van der Waals surface area contributed by atoms with Gasteiger partial charge in [0.25, 0.3) is 5.91 Å². The monoisotopic (exact) mass is 253 g/mol. The number of nitrogens with zero attached hydrogens (tertiary/aromatic N) is 1. The van der Waals surface area contributed by atoms with E-state index < -0.39 is 11.9 Å². The molecule has 7 nitrogen and oxygen atoms in total. The van der Waals surface area contributed by atoms with Crippen LogP contribution < -0.4 is 5.32 Å². The lowest BCUT2D eigenvalue weighted by atomic mass is 9.93. The first-order valence-electron chi connectivity index (χ1n) is 5.83. The van der Waals surface area contributed by atoms with Crippen molar-refractivity contribution in [2.75, 3.05) is 0 Å². The van der Waals surface area contributed by atoms with Crippen LogP contribution in [0, 0.1) is 0 Å². The number of imidazole rings is 1. The maximum atomic E-state index is 11.9. The fraction of sp³-hybridized carbons (Fsp3) is 0.545. The van der Waals surface area contributed by atoms with Gasteiger partial charge in [-0.05, 0) is 25.7 Å². The number of carboxylic acid groups (broad SMARTS) is 1. The molecule has 1 amide bonds. The van der Waals surface area contributed by atoms with Crippen molar-refractivity contribution in [1.82, 2.24) is 15.3 Å². The summed E-state index contributed by atoms with van der Waals surface area (Å²) in [5, 5.41) is 21.0. The number of hydrogen-bond acceptors (Lipinski definition) is 4. The van der Waals surface area contributed by atoms with Gasteiger partial charge >= 0.3 is 5.97 Å². The highest BCUT2D eigenvalue weighted by molar-refractivity contribution is 6.02. The molecule has 7 heteroatoms. The number of nitrogens with one attached hydrogen (secondary N) is 2. The van der Waals surface area contributed by atoms with Crippen molar-refractivity contribution in [2.24, 2.45) is 0 Å². The van der Waals surface area contributed by atoms with Crippen LogP contribution in [0.2, 0.25) is 0 Å². The van der Waals surface area contributed by atoms with Crippen LogP contribution in [0.5, 0.6) is 0 Å². The van der Waals surface area contributed by atoms with Crippen molar-refractivity contribution in [1.29, 1.82) is 0 Å². The number of carbonyl (C=O) groups is 2. The molecule has 0 aliphatic heterocycles. The van der Waals surface area contributed by atoms with Gasteiger partial charge in [0.1, 0.15) is 0 Å². The van der Waals surface area contributed by atoms with Crippen LogP contribution in [0.3, 0.4) is 0 Å². The summed E-state index contributed by atoms with van der Waals surface area (Å²) in [6, 6.07) is -0.0285. The largest absolute Gasteiger partial charge is 0.477 e. The molecule has 0 atom stereocenters. The maximum absolute atomic E-state index is 11.9. The normalized spacial score (nSPS) is 23.6. The van der Waals surface area contributed by atoms with E-state index in [1.807, 2.05) is 0 Å². The predicted octanol–water partition coefficient (Wildman–Crippen LogP) is 0.141. The molecular formula is C11H15N3O4. The van der Waals surface area contributed by atoms with Crippen molar-refractivity contribution in [2.45, 2.75) is 37.8 Å². The van der Waals surface area contributed by atoms with E-state index >= 15 is 0 Å². The molecule has 0 spiro atoms. The van der Waals surface area contributed by atoms with Gasteiger partial charge in [0.2, 0.25) is 0 Å². The Balaban J connectivity index is 1.99. The van der Waals surface area contributed by atoms with Crippen molar-refractivity contribution < 1.29 is 19.8 Å². The maximum Gasteiger partial charge on any atom is 0.354 e. The number of aliphatic hydroxyl groups is 1. The first-order valence-corrected chi connectivity index (χ1v) is 5.83. The Labute approximate surface area is 103 Å². The Bertz CT molecular complexity index is 449. The number of amides is 1. The molecule has 1 aromatic heterocycles. The third-order valence-electron chi connectivity index (χ3n) is 3.10. The minimum Gasteiger partial charge on any atom is -0.477 e. The molecule has 18 heavy (non-hydrogen) atoms. The molecule has 1 saturated carbocycles. The van der Waals surface area contributed by atoms with E-state index in [4.69, 9.17) is 5.11 Å². The summed E-state index contributed by atoms with van der Waals surface area (Å²) in [7, 11) is 0. The molecule has 1 fully saturated rings. The minimum absolute atomic E-state index is 0.0285. The Hall–Kier alpha value is -1.89. The fourth-order valence-corrected chi connectivity index (χ4v) is 2.10. The number of H-pyrrole nitrogens is 1. The number of aromatic amines is 1. The number of carbonyl (C=O) groups excluding carboxylic acids is 1. The Morgan fingerprint density at radius 2 is 2.00 bits per heavy atom. The zero-order chi connectivity index (χ0) is 13.1. The molecule has 1 aliphatic rings. The molecule has 0 bridgehead atoms. The second kappa shape index (κ2) is 5.18. The van der Waals surface area contributed by atoms with Crippen LogP contribution in [0.1, 0.15) is 46.7 Å². The number of hydrogen-bond donors (Lipinski definition) is 4. The lowest BCUT2D eigenvalue weighted by molar-refractivity contribution is 0.0683. The first-order chi connectivity index (χ1) is 8.58. The molecule has 4 N–H and O–H groups in total. The van der Waals surface area contributed by atoms with Gasteiger partial charge in [-0.15, -0.1) is 0 Å². The van der Waals surface area contributed by atoms with E-state index in [0.29, 0.717) is 25.7 Å². The standard InChI is InChI=1S/C11H15N3O4/c15-7-3-1-6(2-4-7)14-10(16)8-9(11(17)18)13-5-12-8/h5-7,15H,1-4H2,(H,12,13)(H,14,16)(H,17,18). The molecule has 0 unspecified atom stereocenters. The molecule has 98 valence electrons. The molecule has 1 aliphatic carbocycles. The van der Waals surface area contributed by atoms with Gasteiger partial charge < -0.3 is 20.5 Å². The van der Waals surface area contributed by atoms with Crippen LogP contribution in [-0.2, 0) is 0 Å². The molecule has 1 heterocycles. The predicted molar refractivity (Wildman–Crippen MR) is 61.3 cm³/mol. The lowest BCUT2D eigenvalue weighted by Crippen LogP contribution is -2.39. The summed E-state index contributed by atoms with van der Waals surface area (Å²) in [6.07, 6.45) is 3.58. The number of aromatic nitrogens is 2. The zero-order valence-corrected chi connectivity index (χ0v) is 9.72. The third-order valence-corrected chi connectivity index (χ3v) is 3.10. The highest BCUT2D eigenvalue weighted by atomic mass is 16.4. The number of aliphatic hydroxyl groups excluding tert-OH is 1. The van der Waals surface area contributed by atoms with Crippen LogP contribution >= 0.6 is 0 Å². The van der Waals surface area contributed by atoms with E-state index in [0.717, 1.165) is 0 Å². The second-order valence-corrected chi connectivity index (χ2v) is 4.41. The second-order valence-electron chi connectivity index (χ2n) is 4.41. The molecule has 1 aromatic rings. The van der Waals surface area contributed by atoms with Gasteiger partial charge in [-0.25, -0.2) is 9.78 Å². The fourth-order valence-electron chi connectivity index (χ4n) is 2.10. The summed E-state index contributed by atoms with van der Waals surface area (Å²) >= 11 is 0. The van der Waals surface area contributed by atoms with Crippen LogP contribution in [0.25, 0.3) is 0 Å². The number of aromatic carboxylic acids is 1. The molecule has 0 radical (unpaired) electrons. The van der Waals surface area contributed by atoms with Gasteiger partial charge in [0.05, 0.1) is 12.4 Å². The summed E-state index contributed by atoms with van der Waals surface area (Å²) in [5.41, 5.74) is -0.308. The van der Waals surface area contributed by atoms with E-state index in [1.165, 1.54) is 6.33 Å². The summed E-state index contributed by atoms with van der Waals surface area (Å²) in [4.78, 5) is 28.8. The molecule has 2 rings (SSSR count). The quantitative estimate of drug-likeness (QED) is 0.611. The van der Waals surface area contributed by atoms with Crippen LogP contribution in [0.4, 0.5) is 0 Å².